The van der Waals surface area contributed by atoms with Gasteiger partial charge in [0.1, 0.15) is 0 Å². The van der Waals surface area contributed by atoms with Crippen LogP contribution in [0.5, 0.6) is 0 Å². The molecule has 1 aliphatic rings. The van der Waals surface area contributed by atoms with Crippen LogP contribution >= 0.6 is 15.9 Å². The van der Waals surface area contributed by atoms with Gasteiger partial charge in [0.05, 0.1) is 6.10 Å². The van der Waals surface area contributed by atoms with Gasteiger partial charge in [-0.3, -0.25) is 0 Å². The molecule has 1 unspecified atom stereocenters. The van der Waals surface area contributed by atoms with E-state index in [4.69, 9.17) is 4.74 Å². The van der Waals surface area contributed by atoms with Gasteiger partial charge >= 0.3 is 0 Å². The van der Waals surface area contributed by atoms with Crippen molar-refractivity contribution in [3.8, 4) is 0 Å². The number of halogens is 1. The summed E-state index contributed by atoms with van der Waals surface area (Å²) in [6, 6.07) is 6.49. The van der Waals surface area contributed by atoms with E-state index in [1.807, 2.05) is 0 Å². The lowest BCUT2D eigenvalue weighted by Gasteiger charge is -2.25. The van der Waals surface area contributed by atoms with Gasteiger partial charge in [-0.15, -0.1) is 0 Å². The maximum Gasteiger partial charge on any atom is 0.0750 e. The number of likely N-dealkylation sites (N-methyl/N-ethyl adjacent to an activating group) is 1. The summed E-state index contributed by atoms with van der Waals surface area (Å²) in [6.45, 7) is 5.92. The zero-order valence-electron chi connectivity index (χ0n) is 11.8. The van der Waals surface area contributed by atoms with E-state index in [1.54, 1.807) is 0 Å². The minimum Gasteiger partial charge on any atom is -0.376 e. The van der Waals surface area contributed by atoms with Gasteiger partial charge in [0.25, 0.3) is 0 Å². The van der Waals surface area contributed by atoms with Crippen molar-refractivity contribution in [3.63, 3.8) is 0 Å². The maximum absolute atomic E-state index is 5.72. The van der Waals surface area contributed by atoms with Crippen molar-refractivity contribution in [2.24, 2.45) is 0 Å². The quantitative estimate of drug-likeness (QED) is 0.869. The second kappa shape index (κ2) is 7.27. The molecule has 19 heavy (non-hydrogen) atoms. The van der Waals surface area contributed by atoms with Crippen molar-refractivity contribution in [2.45, 2.75) is 32.4 Å². The molecule has 0 radical (unpaired) electrons. The molecule has 0 bridgehead atoms. The van der Waals surface area contributed by atoms with Crippen LogP contribution in [0.2, 0.25) is 0 Å². The Labute approximate surface area is 124 Å². The molecule has 0 saturated carbocycles. The summed E-state index contributed by atoms with van der Waals surface area (Å²) < 4.78 is 6.86. The minimum atomic E-state index is 0.389. The standard InChI is InChI=1S/C15H23BrN2O/c1-3-17-10-12-9-13(16)6-7-15(12)18(2)11-14-5-4-8-19-14/h6-7,9,14,17H,3-5,8,10-11H2,1-2H3. The van der Waals surface area contributed by atoms with Gasteiger partial charge in [0.2, 0.25) is 0 Å². The highest BCUT2D eigenvalue weighted by molar-refractivity contribution is 9.10. The zero-order valence-corrected chi connectivity index (χ0v) is 13.4. The first-order chi connectivity index (χ1) is 9.20. The first-order valence-electron chi connectivity index (χ1n) is 7.02. The fourth-order valence-corrected chi connectivity index (χ4v) is 2.93. The average molecular weight is 327 g/mol. The largest absolute Gasteiger partial charge is 0.376 e. The smallest absolute Gasteiger partial charge is 0.0750 e. The van der Waals surface area contributed by atoms with Crippen LogP contribution in [0.1, 0.15) is 25.3 Å². The zero-order chi connectivity index (χ0) is 13.7. The van der Waals surface area contributed by atoms with E-state index in [1.165, 1.54) is 24.1 Å². The van der Waals surface area contributed by atoms with Crippen LogP contribution in [0.25, 0.3) is 0 Å². The molecule has 1 aromatic rings. The molecular weight excluding hydrogens is 304 g/mol. The Morgan fingerprint density at radius 3 is 3.00 bits per heavy atom. The van der Waals surface area contributed by atoms with E-state index in [2.05, 4.69) is 58.3 Å². The third-order valence-electron chi connectivity index (χ3n) is 3.52. The number of benzene rings is 1. The number of hydrogen-bond donors (Lipinski definition) is 1. The van der Waals surface area contributed by atoms with E-state index in [0.717, 1.165) is 30.7 Å². The van der Waals surface area contributed by atoms with Crippen molar-refractivity contribution in [1.29, 1.82) is 0 Å². The van der Waals surface area contributed by atoms with Crippen molar-refractivity contribution in [1.82, 2.24) is 5.32 Å². The number of nitrogens with zero attached hydrogens (tertiary/aromatic N) is 1. The van der Waals surface area contributed by atoms with Crippen molar-refractivity contribution in [3.05, 3.63) is 28.2 Å². The Hall–Kier alpha value is -0.580. The highest BCUT2D eigenvalue weighted by Crippen LogP contribution is 2.25. The molecule has 2 rings (SSSR count). The van der Waals surface area contributed by atoms with E-state index in [9.17, 15) is 0 Å². The lowest BCUT2D eigenvalue weighted by molar-refractivity contribution is 0.116. The second-order valence-corrected chi connectivity index (χ2v) is 5.98. The maximum atomic E-state index is 5.72. The molecule has 1 N–H and O–H groups in total. The topological polar surface area (TPSA) is 24.5 Å². The third kappa shape index (κ3) is 4.20. The molecule has 0 aliphatic carbocycles. The van der Waals surface area contributed by atoms with Crippen LogP contribution in [-0.4, -0.2) is 32.8 Å². The molecule has 0 spiro atoms. The van der Waals surface area contributed by atoms with E-state index in [-0.39, 0.29) is 0 Å². The highest BCUT2D eigenvalue weighted by atomic mass is 79.9. The summed E-state index contributed by atoms with van der Waals surface area (Å²) >= 11 is 3.55. The van der Waals surface area contributed by atoms with E-state index >= 15 is 0 Å². The fraction of sp³-hybridized carbons (Fsp3) is 0.600. The molecule has 4 heteroatoms. The van der Waals surface area contributed by atoms with Crippen LogP contribution < -0.4 is 10.2 Å². The Bertz CT molecular complexity index is 405. The number of anilines is 1. The van der Waals surface area contributed by atoms with Gasteiger partial charge in [-0.2, -0.15) is 0 Å². The highest BCUT2D eigenvalue weighted by Gasteiger charge is 2.18. The van der Waals surface area contributed by atoms with E-state index in [0.29, 0.717) is 6.10 Å². The molecule has 1 heterocycles. The Balaban J connectivity index is 2.07. The van der Waals surface area contributed by atoms with Crippen LogP contribution in [0, 0.1) is 0 Å². The SMILES string of the molecule is CCNCc1cc(Br)ccc1N(C)CC1CCCO1. The van der Waals surface area contributed by atoms with Gasteiger partial charge < -0.3 is 15.0 Å². The molecule has 106 valence electrons. The molecule has 1 aliphatic heterocycles. The van der Waals surface area contributed by atoms with Gasteiger partial charge in [0.15, 0.2) is 0 Å². The Morgan fingerprint density at radius 2 is 2.32 bits per heavy atom. The number of rotatable bonds is 6. The van der Waals surface area contributed by atoms with Crippen molar-refractivity contribution < 1.29 is 4.74 Å². The lowest BCUT2D eigenvalue weighted by Crippen LogP contribution is -2.29. The lowest BCUT2D eigenvalue weighted by atomic mass is 10.1. The predicted octanol–water partition coefficient (Wildman–Crippen LogP) is 3.17. The molecule has 3 nitrogen and oxygen atoms in total. The Morgan fingerprint density at radius 1 is 1.47 bits per heavy atom. The normalized spacial score (nSPS) is 18.8. The molecule has 1 aromatic carbocycles. The summed E-state index contributed by atoms with van der Waals surface area (Å²) in [5.41, 5.74) is 2.62. The summed E-state index contributed by atoms with van der Waals surface area (Å²) in [5.74, 6) is 0. The molecule has 0 aromatic heterocycles. The number of hydrogen-bond acceptors (Lipinski definition) is 3. The van der Waals surface area contributed by atoms with Crippen LogP contribution in [0.15, 0.2) is 22.7 Å². The Kier molecular flexibility index (Phi) is 5.67. The first-order valence-corrected chi connectivity index (χ1v) is 7.82. The monoisotopic (exact) mass is 326 g/mol. The van der Waals surface area contributed by atoms with Crippen molar-refractivity contribution >= 4 is 21.6 Å². The summed E-state index contributed by atoms with van der Waals surface area (Å²) in [6.07, 6.45) is 2.77. The van der Waals surface area contributed by atoms with Crippen LogP contribution in [0.4, 0.5) is 5.69 Å². The van der Waals surface area contributed by atoms with Gasteiger partial charge in [0, 0.05) is 36.9 Å². The fourth-order valence-electron chi connectivity index (χ4n) is 2.52. The number of ether oxygens (including phenoxy) is 1. The summed E-state index contributed by atoms with van der Waals surface area (Å²) in [5, 5.41) is 3.40. The third-order valence-corrected chi connectivity index (χ3v) is 4.01. The van der Waals surface area contributed by atoms with Gasteiger partial charge in [-0.05, 0) is 43.1 Å². The predicted molar refractivity (Wildman–Crippen MR) is 83.8 cm³/mol. The number of nitrogens with one attached hydrogen (secondary N) is 1. The second-order valence-electron chi connectivity index (χ2n) is 5.07. The summed E-state index contributed by atoms with van der Waals surface area (Å²) in [7, 11) is 2.15. The molecule has 0 amide bonds. The van der Waals surface area contributed by atoms with Crippen LogP contribution in [0.3, 0.4) is 0 Å². The van der Waals surface area contributed by atoms with Gasteiger partial charge in [-0.25, -0.2) is 0 Å². The molecule has 1 atom stereocenters. The molecular formula is C15H23BrN2O. The summed E-state index contributed by atoms with van der Waals surface area (Å²) in [4.78, 5) is 2.31. The molecule has 1 saturated heterocycles. The van der Waals surface area contributed by atoms with Crippen molar-refractivity contribution in [2.75, 3.05) is 31.6 Å². The van der Waals surface area contributed by atoms with Gasteiger partial charge in [-0.1, -0.05) is 22.9 Å². The van der Waals surface area contributed by atoms with E-state index < -0.39 is 0 Å². The first kappa shape index (κ1) is 14.8. The average Bonchev–Trinajstić information content (AvgIpc) is 2.89. The minimum absolute atomic E-state index is 0.389. The van der Waals surface area contributed by atoms with Crippen LogP contribution in [-0.2, 0) is 11.3 Å². The molecule has 1 fully saturated rings.